The molecule has 23 heavy (non-hydrogen) atoms. The summed E-state index contributed by atoms with van der Waals surface area (Å²) in [5, 5.41) is 4.28. The summed E-state index contributed by atoms with van der Waals surface area (Å²) in [5.41, 5.74) is 2.00. The minimum Gasteiger partial charge on any atom is -0.497 e. The van der Waals surface area contributed by atoms with Gasteiger partial charge in [-0.25, -0.2) is 13.1 Å². The first-order chi connectivity index (χ1) is 10.8. The van der Waals surface area contributed by atoms with Crippen molar-refractivity contribution < 1.29 is 13.2 Å². The maximum absolute atomic E-state index is 12.7. The van der Waals surface area contributed by atoms with Crippen molar-refractivity contribution in [3.8, 4) is 5.75 Å². The molecule has 0 saturated carbocycles. The summed E-state index contributed by atoms with van der Waals surface area (Å²) in [6, 6.07) is 6.97. The Balaban J connectivity index is 2.32. The van der Waals surface area contributed by atoms with Crippen LogP contribution >= 0.6 is 0 Å². The lowest BCUT2D eigenvalue weighted by atomic mass is 10.1. The van der Waals surface area contributed by atoms with E-state index in [-0.39, 0.29) is 10.9 Å². The molecule has 0 aliphatic rings. The summed E-state index contributed by atoms with van der Waals surface area (Å²) in [5.74, 6) is 0.694. The third kappa shape index (κ3) is 3.56. The first kappa shape index (κ1) is 17.5. The highest BCUT2D eigenvalue weighted by Gasteiger charge is 2.26. The molecule has 1 heterocycles. The predicted molar refractivity (Wildman–Crippen MR) is 89.1 cm³/mol. The molecule has 1 unspecified atom stereocenters. The number of aryl methyl sites for hydroxylation is 2. The van der Waals surface area contributed by atoms with Crippen LogP contribution in [-0.4, -0.2) is 25.3 Å². The second-order valence-electron chi connectivity index (χ2n) is 5.44. The molecule has 0 radical (unpaired) electrons. The van der Waals surface area contributed by atoms with E-state index >= 15 is 0 Å². The fraction of sp³-hybridized carbons (Fsp3) is 0.438. The van der Waals surface area contributed by atoms with E-state index in [4.69, 9.17) is 4.74 Å². The molecule has 0 bridgehead atoms. The number of aromatic nitrogens is 2. The van der Waals surface area contributed by atoms with E-state index in [1.807, 2.05) is 31.2 Å². The van der Waals surface area contributed by atoms with Crippen LogP contribution < -0.4 is 9.46 Å². The van der Waals surface area contributed by atoms with Gasteiger partial charge in [0.2, 0.25) is 10.0 Å². The molecule has 1 aromatic carbocycles. The lowest BCUT2D eigenvalue weighted by Crippen LogP contribution is -2.27. The second-order valence-corrected chi connectivity index (χ2v) is 7.09. The van der Waals surface area contributed by atoms with Crippen molar-refractivity contribution >= 4 is 10.0 Å². The molecule has 126 valence electrons. The number of benzene rings is 1. The van der Waals surface area contributed by atoms with Gasteiger partial charge in [0, 0.05) is 12.6 Å². The number of nitrogens with one attached hydrogen (secondary N) is 1. The van der Waals surface area contributed by atoms with Gasteiger partial charge in [0.05, 0.1) is 18.5 Å². The largest absolute Gasteiger partial charge is 0.497 e. The van der Waals surface area contributed by atoms with Gasteiger partial charge >= 0.3 is 0 Å². The van der Waals surface area contributed by atoms with Gasteiger partial charge in [-0.15, -0.1) is 0 Å². The fourth-order valence-corrected chi connectivity index (χ4v) is 4.29. The third-order valence-electron chi connectivity index (χ3n) is 3.81. The van der Waals surface area contributed by atoms with Crippen molar-refractivity contribution in [2.24, 2.45) is 0 Å². The van der Waals surface area contributed by atoms with Gasteiger partial charge in [-0.05, 0) is 45.4 Å². The zero-order valence-electron chi connectivity index (χ0n) is 14.1. The average molecular weight is 337 g/mol. The highest BCUT2D eigenvalue weighted by Crippen LogP contribution is 2.24. The number of sulfonamides is 1. The van der Waals surface area contributed by atoms with Gasteiger partial charge in [-0.2, -0.15) is 5.10 Å². The summed E-state index contributed by atoms with van der Waals surface area (Å²) in [6.07, 6.45) is 0. The van der Waals surface area contributed by atoms with Gasteiger partial charge in [0.1, 0.15) is 10.6 Å². The van der Waals surface area contributed by atoms with E-state index in [2.05, 4.69) is 9.82 Å². The van der Waals surface area contributed by atoms with Crippen molar-refractivity contribution in [3.63, 3.8) is 0 Å². The lowest BCUT2D eigenvalue weighted by Gasteiger charge is -2.15. The molecule has 1 atom stereocenters. The Hall–Kier alpha value is -1.86. The molecule has 0 aliphatic carbocycles. The zero-order chi connectivity index (χ0) is 17.2. The predicted octanol–water partition coefficient (Wildman–Crippen LogP) is 2.57. The minimum atomic E-state index is -3.65. The van der Waals surface area contributed by atoms with Gasteiger partial charge in [-0.3, -0.25) is 4.68 Å². The van der Waals surface area contributed by atoms with Crippen LogP contribution in [0.4, 0.5) is 0 Å². The number of nitrogens with zero attached hydrogens (tertiary/aromatic N) is 2. The summed E-state index contributed by atoms with van der Waals surface area (Å²) in [4.78, 5) is 0.258. The quantitative estimate of drug-likeness (QED) is 0.879. The topological polar surface area (TPSA) is 73.2 Å². The standard InChI is InChI=1S/C16H23N3O3S/c1-6-19-13(4)16(12(3)17-19)23(20,21)18-11(2)14-8-7-9-15(10-14)22-5/h7-11,18H,6H2,1-5H3. The van der Waals surface area contributed by atoms with Gasteiger partial charge in [0.15, 0.2) is 0 Å². The van der Waals surface area contributed by atoms with Crippen LogP contribution in [0.3, 0.4) is 0 Å². The average Bonchev–Trinajstić information content (AvgIpc) is 2.81. The van der Waals surface area contributed by atoms with Crippen molar-refractivity contribution in [1.82, 2.24) is 14.5 Å². The van der Waals surface area contributed by atoms with E-state index < -0.39 is 10.0 Å². The Morgan fingerprint density at radius 1 is 1.35 bits per heavy atom. The highest BCUT2D eigenvalue weighted by molar-refractivity contribution is 7.89. The maximum Gasteiger partial charge on any atom is 0.244 e. The second kappa shape index (κ2) is 6.72. The van der Waals surface area contributed by atoms with Gasteiger partial charge in [-0.1, -0.05) is 12.1 Å². The zero-order valence-corrected chi connectivity index (χ0v) is 14.9. The summed E-state index contributed by atoms with van der Waals surface area (Å²) >= 11 is 0. The SMILES string of the molecule is CCn1nc(C)c(S(=O)(=O)NC(C)c2cccc(OC)c2)c1C. The van der Waals surface area contributed by atoms with Crippen LogP contribution in [0.5, 0.6) is 5.75 Å². The Labute approximate surface area is 137 Å². The molecule has 0 saturated heterocycles. The number of ether oxygens (including phenoxy) is 1. The Kier molecular flexibility index (Phi) is 5.11. The minimum absolute atomic E-state index is 0.258. The van der Waals surface area contributed by atoms with E-state index in [0.717, 1.165) is 5.56 Å². The van der Waals surface area contributed by atoms with Crippen LogP contribution in [0.25, 0.3) is 0 Å². The highest BCUT2D eigenvalue weighted by atomic mass is 32.2. The lowest BCUT2D eigenvalue weighted by molar-refractivity contribution is 0.413. The van der Waals surface area contributed by atoms with Crippen LogP contribution in [0.15, 0.2) is 29.2 Å². The molecule has 0 fully saturated rings. The van der Waals surface area contributed by atoms with Crippen molar-refractivity contribution in [2.45, 2.75) is 45.2 Å². The smallest absolute Gasteiger partial charge is 0.244 e. The molecule has 0 spiro atoms. The molecule has 6 nitrogen and oxygen atoms in total. The number of rotatable bonds is 6. The first-order valence-corrected chi connectivity index (χ1v) is 8.98. The van der Waals surface area contributed by atoms with E-state index in [0.29, 0.717) is 23.7 Å². The number of methoxy groups -OCH3 is 1. The molecule has 1 N–H and O–H groups in total. The third-order valence-corrected chi connectivity index (χ3v) is 5.60. The Morgan fingerprint density at radius 2 is 2.04 bits per heavy atom. The number of hydrogen-bond acceptors (Lipinski definition) is 4. The normalized spacial score (nSPS) is 13.1. The van der Waals surface area contributed by atoms with Crippen LogP contribution in [-0.2, 0) is 16.6 Å². The summed E-state index contributed by atoms with van der Waals surface area (Å²) in [6.45, 7) is 7.86. The fourth-order valence-electron chi connectivity index (χ4n) is 2.65. The van der Waals surface area contributed by atoms with Gasteiger partial charge < -0.3 is 4.74 Å². The Bertz CT molecular complexity index is 797. The Morgan fingerprint density at radius 3 is 2.61 bits per heavy atom. The molecular formula is C16H23N3O3S. The van der Waals surface area contributed by atoms with E-state index in [9.17, 15) is 8.42 Å². The summed E-state index contributed by atoms with van der Waals surface area (Å²) < 4.78 is 35.1. The maximum atomic E-state index is 12.7. The molecule has 0 amide bonds. The number of hydrogen-bond donors (Lipinski definition) is 1. The van der Waals surface area contributed by atoms with Gasteiger partial charge in [0.25, 0.3) is 0 Å². The van der Waals surface area contributed by atoms with Crippen LogP contribution in [0.2, 0.25) is 0 Å². The monoisotopic (exact) mass is 337 g/mol. The van der Waals surface area contributed by atoms with E-state index in [1.165, 1.54) is 0 Å². The first-order valence-electron chi connectivity index (χ1n) is 7.50. The van der Waals surface area contributed by atoms with Crippen molar-refractivity contribution in [3.05, 3.63) is 41.2 Å². The van der Waals surface area contributed by atoms with Crippen molar-refractivity contribution in [2.75, 3.05) is 7.11 Å². The molecule has 2 aromatic rings. The van der Waals surface area contributed by atoms with E-state index in [1.54, 1.807) is 32.6 Å². The molecule has 7 heteroatoms. The molecule has 1 aromatic heterocycles. The molecule has 2 rings (SSSR count). The van der Waals surface area contributed by atoms with Crippen molar-refractivity contribution in [1.29, 1.82) is 0 Å². The van der Waals surface area contributed by atoms with Crippen LogP contribution in [0.1, 0.15) is 36.8 Å². The summed E-state index contributed by atoms with van der Waals surface area (Å²) in [7, 11) is -2.07. The molecule has 0 aliphatic heterocycles. The molecular weight excluding hydrogens is 314 g/mol. The van der Waals surface area contributed by atoms with Crippen LogP contribution in [0, 0.1) is 13.8 Å².